The minimum absolute atomic E-state index is 0.210. The molecule has 0 saturated heterocycles. The first kappa shape index (κ1) is 17.1. The van der Waals surface area contributed by atoms with Crippen LogP contribution in [0.3, 0.4) is 0 Å². The molecule has 2 heterocycles. The fraction of sp³-hybridized carbons (Fsp3) is 0.409. The topological polar surface area (TPSA) is 29.3 Å². The standard InChI is InChI=1S/C22H26FN3/c1-3-17-12-8-14-19-25-21(20-15(2)9-7-13-18(20)23)22(26(17)19)24-16-10-5-4-6-11-16/h7-9,12-14,16,24H,3-6,10-11H2,1-2H3. The number of pyridine rings is 1. The molecule has 3 nitrogen and oxygen atoms in total. The number of nitrogens with zero attached hydrogens (tertiary/aromatic N) is 2. The van der Waals surface area contributed by atoms with E-state index < -0.39 is 0 Å². The van der Waals surface area contributed by atoms with Crippen molar-refractivity contribution in [2.75, 3.05) is 5.32 Å². The van der Waals surface area contributed by atoms with Gasteiger partial charge in [0.25, 0.3) is 0 Å². The lowest BCUT2D eigenvalue weighted by Gasteiger charge is -2.24. The zero-order valence-corrected chi connectivity index (χ0v) is 15.6. The molecule has 1 saturated carbocycles. The van der Waals surface area contributed by atoms with E-state index in [2.05, 4.69) is 22.7 Å². The van der Waals surface area contributed by atoms with Gasteiger partial charge in [-0.3, -0.25) is 4.40 Å². The second-order valence-electron chi connectivity index (χ2n) is 7.28. The highest BCUT2D eigenvalue weighted by Crippen LogP contribution is 2.35. The smallest absolute Gasteiger partial charge is 0.139 e. The largest absolute Gasteiger partial charge is 0.367 e. The van der Waals surface area contributed by atoms with Gasteiger partial charge in [-0.2, -0.15) is 0 Å². The van der Waals surface area contributed by atoms with Crippen LogP contribution in [0.1, 0.15) is 50.3 Å². The zero-order valence-electron chi connectivity index (χ0n) is 15.6. The van der Waals surface area contributed by atoms with Crippen molar-refractivity contribution in [3.8, 4) is 11.3 Å². The molecule has 0 unspecified atom stereocenters. The molecule has 0 aliphatic heterocycles. The van der Waals surface area contributed by atoms with Crippen LogP contribution in [0.2, 0.25) is 0 Å². The summed E-state index contributed by atoms with van der Waals surface area (Å²) < 4.78 is 16.9. The van der Waals surface area contributed by atoms with Crippen LogP contribution in [0, 0.1) is 12.7 Å². The molecule has 1 N–H and O–H groups in total. The number of hydrogen-bond acceptors (Lipinski definition) is 2. The van der Waals surface area contributed by atoms with E-state index in [4.69, 9.17) is 4.98 Å². The number of nitrogens with one attached hydrogen (secondary N) is 1. The minimum Gasteiger partial charge on any atom is -0.367 e. The highest BCUT2D eigenvalue weighted by Gasteiger charge is 2.23. The highest BCUT2D eigenvalue weighted by molar-refractivity contribution is 5.79. The number of rotatable bonds is 4. The van der Waals surface area contributed by atoms with Gasteiger partial charge in [-0.1, -0.05) is 44.4 Å². The lowest BCUT2D eigenvalue weighted by atomic mass is 9.95. The van der Waals surface area contributed by atoms with E-state index in [1.807, 2.05) is 25.1 Å². The summed E-state index contributed by atoms with van der Waals surface area (Å²) in [5.74, 6) is 0.732. The SMILES string of the molecule is CCc1cccc2nc(-c3c(C)cccc3F)c(NC3CCCCC3)n12. The van der Waals surface area contributed by atoms with Gasteiger partial charge in [-0.15, -0.1) is 0 Å². The molecule has 2 aromatic heterocycles. The number of imidazole rings is 1. The highest BCUT2D eigenvalue weighted by atomic mass is 19.1. The Morgan fingerprint density at radius 3 is 2.62 bits per heavy atom. The van der Waals surface area contributed by atoms with Gasteiger partial charge in [0.1, 0.15) is 23.0 Å². The summed E-state index contributed by atoms with van der Waals surface area (Å²) in [4.78, 5) is 4.84. The lowest BCUT2D eigenvalue weighted by molar-refractivity contribution is 0.461. The number of benzene rings is 1. The summed E-state index contributed by atoms with van der Waals surface area (Å²) in [5.41, 5.74) is 4.32. The predicted octanol–water partition coefficient (Wildman–Crippen LogP) is 5.76. The normalized spacial score (nSPS) is 15.5. The molecule has 26 heavy (non-hydrogen) atoms. The molecule has 0 spiro atoms. The zero-order chi connectivity index (χ0) is 18.1. The Kier molecular flexibility index (Phi) is 4.66. The fourth-order valence-electron chi connectivity index (χ4n) is 4.12. The summed E-state index contributed by atoms with van der Waals surface area (Å²) >= 11 is 0. The Balaban J connectivity index is 1.92. The van der Waals surface area contributed by atoms with Crippen molar-refractivity contribution in [3.05, 3.63) is 53.5 Å². The molecule has 0 bridgehead atoms. The average molecular weight is 351 g/mol. The van der Waals surface area contributed by atoms with Crippen molar-refractivity contribution < 1.29 is 4.39 Å². The Morgan fingerprint density at radius 2 is 1.88 bits per heavy atom. The van der Waals surface area contributed by atoms with Gasteiger partial charge < -0.3 is 5.32 Å². The van der Waals surface area contributed by atoms with E-state index in [0.717, 1.165) is 42.0 Å². The van der Waals surface area contributed by atoms with Gasteiger partial charge in [0.15, 0.2) is 0 Å². The van der Waals surface area contributed by atoms with Crippen molar-refractivity contribution in [2.24, 2.45) is 0 Å². The second-order valence-corrected chi connectivity index (χ2v) is 7.28. The number of aromatic nitrogens is 2. The van der Waals surface area contributed by atoms with Crippen LogP contribution in [0.15, 0.2) is 36.4 Å². The maximum atomic E-state index is 14.7. The van der Waals surface area contributed by atoms with Crippen LogP contribution < -0.4 is 5.32 Å². The van der Waals surface area contributed by atoms with Crippen molar-refractivity contribution in [3.63, 3.8) is 0 Å². The summed E-state index contributed by atoms with van der Waals surface area (Å²) in [6.07, 6.45) is 7.05. The van der Waals surface area contributed by atoms with Crippen molar-refractivity contribution >= 4 is 11.5 Å². The van der Waals surface area contributed by atoms with E-state index in [1.54, 1.807) is 6.07 Å². The van der Waals surface area contributed by atoms with Crippen molar-refractivity contribution in [1.29, 1.82) is 0 Å². The third kappa shape index (κ3) is 2.98. The Labute approximate surface area is 154 Å². The first-order chi connectivity index (χ1) is 12.7. The molecule has 1 aliphatic rings. The molecule has 1 fully saturated rings. The maximum absolute atomic E-state index is 14.7. The van der Waals surface area contributed by atoms with Crippen molar-refractivity contribution in [2.45, 2.75) is 58.4 Å². The molecule has 1 aromatic carbocycles. The summed E-state index contributed by atoms with van der Waals surface area (Å²) in [5, 5.41) is 3.73. The maximum Gasteiger partial charge on any atom is 0.139 e. The van der Waals surface area contributed by atoms with Crippen LogP contribution in [0.5, 0.6) is 0 Å². The first-order valence-electron chi connectivity index (χ1n) is 9.71. The summed E-state index contributed by atoms with van der Waals surface area (Å²) in [7, 11) is 0. The summed E-state index contributed by atoms with van der Waals surface area (Å²) in [6.45, 7) is 4.10. The molecule has 0 amide bonds. The molecule has 0 radical (unpaired) electrons. The van der Waals surface area contributed by atoms with Crippen LogP contribution >= 0.6 is 0 Å². The minimum atomic E-state index is -0.210. The predicted molar refractivity (Wildman–Crippen MR) is 105 cm³/mol. The van der Waals surface area contributed by atoms with Crippen molar-refractivity contribution in [1.82, 2.24) is 9.38 Å². The van der Waals surface area contributed by atoms with Gasteiger partial charge in [-0.05, 0) is 49.9 Å². The molecular weight excluding hydrogens is 325 g/mol. The van der Waals surface area contributed by atoms with E-state index in [1.165, 1.54) is 31.0 Å². The Bertz CT molecular complexity index is 902. The molecular formula is C22H26FN3. The van der Waals surface area contributed by atoms with Crippen LogP contribution in [-0.2, 0) is 6.42 Å². The number of hydrogen-bond donors (Lipinski definition) is 1. The molecule has 136 valence electrons. The van der Waals surface area contributed by atoms with E-state index in [0.29, 0.717) is 11.6 Å². The van der Waals surface area contributed by atoms with Crippen LogP contribution in [0.25, 0.3) is 16.9 Å². The molecule has 4 rings (SSSR count). The van der Waals surface area contributed by atoms with Gasteiger partial charge >= 0.3 is 0 Å². The quantitative estimate of drug-likeness (QED) is 0.648. The Morgan fingerprint density at radius 1 is 1.12 bits per heavy atom. The Hall–Kier alpha value is -2.36. The number of anilines is 1. The number of aryl methyl sites for hydroxylation is 2. The molecule has 4 heteroatoms. The lowest BCUT2D eigenvalue weighted by Crippen LogP contribution is -2.23. The average Bonchev–Trinajstić information content (AvgIpc) is 3.01. The van der Waals surface area contributed by atoms with E-state index >= 15 is 0 Å². The van der Waals surface area contributed by atoms with E-state index in [9.17, 15) is 4.39 Å². The van der Waals surface area contributed by atoms with Crippen LogP contribution in [0.4, 0.5) is 10.2 Å². The van der Waals surface area contributed by atoms with Gasteiger partial charge in [0, 0.05) is 17.3 Å². The third-order valence-corrected chi connectivity index (χ3v) is 5.49. The van der Waals surface area contributed by atoms with Gasteiger partial charge in [-0.25, -0.2) is 9.37 Å². The second kappa shape index (κ2) is 7.10. The van der Waals surface area contributed by atoms with Gasteiger partial charge in [0.2, 0.25) is 0 Å². The number of fused-ring (bicyclic) bond motifs is 1. The van der Waals surface area contributed by atoms with Gasteiger partial charge in [0.05, 0.1) is 0 Å². The van der Waals surface area contributed by atoms with E-state index in [-0.39, 0.29) is 5.82 Å². The first-order valence-corrected chi connectivity index (χ1v) is 9.71. The molecule has 0 atom stereocenters. The fourth-order valence-corrected chi connectivity index (χ4v) is 4.12. The van der Waals surface area contributed by atoms with Crippen LogP contribution in [-0.4, -0.2) is 15.4 Å². The molecule has 1 aliphatic carbocycles. The monoisotopic (exact) mass is 351 g/mol. The summed E-state index contributed by atoms with van der Waals surface area (Å²) in [6, 6.07) is 11.8. The third-order valence-electron chi connectivity index (χ3n) is 5.49. The molecule has 3 aromatic rings. The number of halogens is 1.